The number of aromatic nitrogens is 2. The molecule has 10 nitrogen and oxygen atoms in total. The van der Waals surface area contributed by atoms with Crippen LogP contribution in [0.1, 0.15) is 43.2 Å². The molecule has 0 aliphatic rings. The van der Waals surface area contributed by atoms with Gasteiger partial charge in [0.1, 0.15) is 12.4 Å². The molecular weight excluding hydrogens is 486 g/mol. The largest absolute Gasteiger partial charge is 0.489 e. The van der Waals surface area contributed by atoms with E-state index in [1.807, 2.05) is 32.0 Å². The van der Waals surface area contributed by atoms with E-state index < -0.39 is 4.92 Å². The molecule has 38 heavy (non-hydrogen) atoms. The fraction of sp³-hybridized carbons (Fsp3) is 0.179. The number of non-ortho nitro benzene ring substituents is 1. The van der Waals surface area contributed by atoms with Gasteiger partial charge in [-0.05, 0) is 61.4 Å². The summed E-state index contributed by atoms with van der Waals surface area (Å²) in [4.78, 5) is 35.2. The van der Waals surface area contributed by atoms with Crippen LogP contribution in [0.25, 0.3) is 0 Å². The molecule has 3 aromatic carbocycles. The van der Waals surface area contributed by atoms with Crippen LogP contribution >= 0.6 is 0 Å². The van der Waals surface area contributed by atoms with Gasteiger partial charge >= 0.3 is 0 Å². The van der Waals surface area contributed by atoms with E-state index in [0.717, 1.165) is 16.8 Å². The normalized spacial score (nSPS) is 10.6. The number of carbonyl (C=O) groups is 2. The maximum Gasteiger partial charge on any atom is 0.269 e. The van der Waals surface area contributed by atoms with E-state index in [4.69, 9.17) is 4.74 Å². The van der Waals surface area contributed by atoms with Crippen LogP contribution in [0.4, 0.5) is 11.4 Å². The van der Waals surface area contributed by atoms with Gasteiger partial charge in [0, 0.05) is 30.3 Å². The maximum absolute atomic E-state index is 12.9. The van der Waals surface area contributed by atoms with Gasteiger partial charge in [0.2, 0.25) is 0 Å². The minimum atomic E-state index is -0.463. The highest BCUT2D eigenvalue weighted by Gasteiger charge is 2.16. The number of amides is 2. The Morgan fingerprint density at radius 1 is 0.947 bits per heavy atom. The van der Waals surface area contributed by atoms with Crippen molar-refractivity contribution in [1.29, 1.82) is 0 Å². The molecule has 0 saturated carbocycles. The predicted molar refractivity (Wildman–Crippen MR) is 142 cm³/mol. The van der Waals surface area contributed by atoms with Crippen molar-refractivity contribution >= 4 is 23.2 Å². The van der Waals surface area contributed by atoms with E-state index in [1.54, 1.807) is 54.2 Å². The Bertz CT molecular complexity index is 1480. The quantitative estimate of drug-likeness (QED) is 0.248. The van der Waals surface area contributed by atoms with E-state index in [2.05, 4.69) is 15.7 Å². The van der Waals surface area contributed by atoms with Crippen molar-refractivity contribution in [3.63, 3.8) is 0 Å². The summed E-state index contributed by atoms with van der Waals surface area (Å²) in [6, 6.07) is 20.2. The molecule has 2 amide bonds. The van der Waals surface area contributed by atoms with E-state index >= 15 is 0 Å². The highest BCUT2D eigenvalue weighted by atomic mass is 16.6. The number of nitro benzene ring substituents is 1. The molecule has 1 heterocycles. The molecule has 0 fully saturated rings. The third-order valence-electron chi connectivity index (χ3n) is 6.04. The highest BCUT2D eigenvalue weighted by Crippen LogP contribution is 2.22. The van der Waals surface area contributed by atoms with Gasteiger partial charge in [-0.15, -0.1) is 0 Å². The van der Waals surface area contributed by atoms with E-state index in [1.165, 1.54) is 12.1 Å². The first-order valence-electron chi connectivity index (χ1n) is 11.9. The standard InChI is InChI=1S/C28H27N5O5/c1-18-26(19(2)32(31-18)16-21-5-4-6-23(15-21)27(34)29-3)30-28(35)22-9-7-20(8-10-22)17-38-25-13-11-24(12-14-25)33(36)37/h4-15H,16-17H2,1-3H3,(H,29,34)(H,30,35). The number of nitrogens with zero attached hydrogens (tertiary/aromatic N) is 3. The number of nitro groups is 1. The average Bonchev–Trinajstić information content (AvgIpc) is 3.19. The number of rotatable bonds is 9. The minimum absolute atomic E-state index is 0.000973. The maximum atomic E-state index is 12.9. The van der Waals surface area contributed by atoms with Crippen molar-refractivity contribution in [2.45, 2.75) is 27.0 Å². The van der Waals surface area contributed by atoms with E-state index in [9.17, 15) is 19.7 Å². The van der Waals surface area contributed by atoms with Crippen LogP contribution in [0.5, 0.6) is 5.75 Å². The van der Waals surface area contributed by atoms with Gasteiger partial charge in [-0.25, -0.2) is 0 Å². The van der Waals surface area contributed by atoms with Gasteiger partial charge in [-0.2, -0.15) is 5.10 Å². The smallest absolute Gasteiger partial charge is 0.269 e. The van der Waals surface area contributed by atoms with Crippen molar-refractivity contribution in [2.24, 2.45) is 0 Å². The number of ether oxygens (including phenoxy) is 1. The summed E-state index contributed by atoms with van der Waals surface area (Å²) in [6.45, 7) is 4.43. The number of benzene rings is 3. The van der Waals surface area contributed by atoms with E-state index in [0.29, 0.717) is 34.8 Å². The Kier molecular flexibility index (Phi) is 7.81. The SMILES string of the molecule is CNC(=O)c1cccc(Cn2nc(C)c(NC(=O)c3ccc(COc4ccc([N+](=O)[O-])cc4)cc3)c2C)c1. The van der Waals surface area contributed by atoms with Gasteiger partial charge in [0.05, 0.1) is 28.5 Å². The van der Waals surface area contributed by atoms with Crippen LogP contribution in [0.15, 0.2) is 72.8 Å². The molecule has 0 radical (unpaired) electrons. The zero-order valence-electron chi connectivity index (χ0n) is 21.2. The number of anilines is 1. The Hall–Kier alpha value is -4.99. The summed E-state index contributed by atoms with van der Waals surface area (Å²) < 4.78 is 7.47. The van der Waals surface area contributed by atoms with Crippen LogP contribution in [0.3, 0.4) is 0 Å². The third kappa shape index (κ3) is 6.04. The molecule has 2 N–H and O–H groups in total. The lowest BCUT2D eigenvalue weighted by Crippen LogP contribution is -2.18. The third-order valence-corrected chi connectivity index (χ3v) is 6.04. The molecule has 0 bridgehead atoms. The van der Waals surface area contributed by atoms with Crippen molar-refractivity contribution in [1.82, 2.24) is 15.1 Å². The number of aryl methyl sites for hydroxylation is 1. The van der Waals surface area contributed by atoms with Gasteiger partial charge in [0.25, 0.3) is 17.5 Å². The molecule has 10 heteroatoms. The van der Waals surface area contributed by atoms with Gasteiger partial charge in [-0.1, -0.05) is 24.3 Å². The molecular formula is C28H27N5O5. The van der Waals surface area contributed by atoms with Crippen molar-refractivity contribution < 1.29 is 19.2 Å². The summed E-state index contributed by atoms with van der Waals surface area (Å²) in [5.74, 6) is 0.0954. The number of carbonyl (C=O) groups excluding carboxylic acids is 2. The van der Waals surface area contributed by atoms with Crippen LogP contribution in [-0.2, 0) is 13.2 Å². The number of nitrogens with one attached hydrogen (secondary N) is 2. The molecule has 0 atom stereocenters. The first-order chi connectivity index (χ1) is 18.2. The summed E-state index contributed by atoms with van der Waals surface area (Å²) >= 11 is 0. The number of hydrogen-bond acceptors (Lipinski definition) is 6. The first kappa shape index (κ1) is 26.1. The fourth-order valence-electron chi connectivity index (χ4n) is 3.93. The zero-order valence-corrected chi connectivity index (χ0v) is 21.2. The lowest BCUT2D eigenvalue weighted by molar-refractivity contribution is -0.384. The molecule has 0 aliphatic carbocycles. The van der Waals surface area contributed by atoms with Crippen molar-refractivity contribution in [3.8, 4) is 5.75 Å². The minimum Gasteiger partial charge on any atom is -0.489 e. The monoisotopic (exact) mass is 513 g/mol. The molecule has 0 spiro atoms. The Morgan fingerprint density at radius 2 is 1.66 bits per heavy atom. The summed E-state index contributed by atoms with van der Waals surface area (Å²) in [5, 5.41) is 20.9. The van der Waals surface area contributed by atoms with Crippen LogP contribution in [0, 0.1) is 24.0 Å². The Labute approximate surface area is 219 Å². The lowest BCUT2D eigenvalue weighted by Gasteiger charge is -2.09. The molecule has 0 saturated heterocycles. The second-order valence-corrected chi connectivity index (χ2v) is 8.67. The van der Waals surface area contributed by atoms with Crippen LogP contribution < -0.4 is 15.4 Å². The van der Waals surface area contributed by atoms with Gasteiger partial charge in [0.15, 0.2) is 0 Å². The first-order valence-corrected chi connectivity index (χ1v) is 11.9. The van der Waals surface area contributed by atoms with Crippen molar-refractivity contribution in [2.75, 3.05) is 12.4 Å². The highest BCUT2D eigenvalue weighted by molar-refractivity contribution is 6.04. The molecule has 194 valence electrons. The van der Waals surface area contributed by atoms with Crippen molar-refractivity contribution in [3.05, 3.63) is 117 Å². The topological polar surface area (TPSA) is 128 Å². The predicted octanol–water partition coefficient (Wildman–Crippen LogP) is 4.65. The zero-order chi connectivity index (χ0) is 27.2. The molecule has 0 aliphatic heterocycles. The molecule has 0 unspecified atom stereocenters. The van der Waals surface area contributed by atoms with Gasteiger partial charge in [-0.3, -0.25) is 24.4 Å². The van der Waals surface area contributed by atoms with Gasteiger partial charge < -0.3 is 15.4 Å². The number of hydrogen-bond donors (Lipinski definition) is 2. The Morgan fingerprint density at radius 3 is 2.32 bits per heavy atom. The van der Waals surface area contributed by atoms with Crippen LogP contribution in [0.2, 0.25) is 0 Å². The summed E-state index contributed by atoms with van der Waals surface area (Å²) in [7, 11) is 1.59. The van der Waals surface area contributed by atoms with E-state index in [-0.39, 0.29) is 24.1 Å². The second kappa shape index (κ2) is 11.4. The summed E-state index contributed by atoms with van der Waals surface area (Å²) in [6.07, 6.45) is 0. The average molecular weight is 514 g/mol. The molecule has 4 rings (SSSR count). The molecule has 4 aromatic rings. The second-order valence-electron chi connectivity index (χ2n) is 8.67. The lowest BCUT2D eigenvalue weighted by atomic mass is 10.1. The fourth-order valence-corrected chi connectivity index (χ4v) is 3.93. The summed E-state index contributed by atoms with van der Waals surface area (Å²) in [5.41, 5.74) is 4.94. The molecule has 1 aromatic heterocycles. The van der Waals surface area contributed by atoms with Crippen LogP contribution in [-0.4, -0.2) is 33.6 Å². The Balaban J connectivity index is 1.39.